The fourth-order valence-corrected chi connectivity index (χ4v) is 5.35. The van der Waals surface area contributed by atoms with E-state index in [4.69, 9.17) is 33.2 Å². The molecular weight excluding hydrogens is 667 g/mol. The van der Waals surface area contributed by atoms with Gasteiger partial charge in [0.05, 0.1) is 32.9 Å². The Bertz CT molecular complexity index is 1700. The predicted octanol–water partition coefficient (Wildman–Crippen LogP) is 5.42. The molecule has 14 heteroatoms. The van der Waals surface area contributed by atoms with Crippen molar-refractivity contribution >= 4 is 23.8 Å². The molecule has 3 aromatic rings. The van der Waals surface area contributed by atoms with Crippen LogP contribution >= 0.6 is 0 Å². The van der Waals surface area contributed by atoms with Gasteiger partial charge in [-0.25, -0.2) is 14.0 Å². The van der Waals surface area contributed by atoms with E-state index in [9.17, 15) is 19.2 Å². The molecule has 1 aliphatic rings. The average molecular weight is 711 g/mol. The van der Waals surface area contributed by atoms with Crippen molar-refractivity contribution in [3.05, 3.63) is 82.7 Å². The summed E-state index contributed by atoms with van der Waals surface area (Å²) in [6.45, 7) is 5.33. The molecule has 1 fully saturated rings. The van der Waals surface area contributed by atoms with Crippen LogP contribution in [-0.2, 0) is 14.2 Å². The minimum Gasteiger partial charge on any atom is -0.497 e. The second-order valence-corrected chi connectivity index (χ2v) is 12.6. The number of methoxy groups -OCH3 is 4. The van der Waals surface area contributed by atoms with E-state index in [1.807, 2.05) is 0 Å². The number of rotatable bonds is 12. The lowest BCUT2D eigenvalue weighted by molar-refractivity contribution is 0.0127. The van der Waals surface area contributed by atoms with Crippen LogP contribution in [0.25, 0.3) is 0 Å². The van der Waals surface area contributed by atoms with Gasteiger partial charge in [-0.2, -0.15) is 0 Å². The molecular formula is C37H43FN2O11. The van der Waals surface area contributed by atoms with E-state index in [1.165, 1.54) is 81.9 Å². The Balaban J connectivity index is 1.58. The van der Waals surface area contributed by atoms with Gasteiger partial charge in [-0.15, -0.1) is 0 Å². The van der Waals surface area contributed by atoms with Crippen molar-refractivity contribution in [3.63, 3.8) is 0 Å². The topological polar surface area (TPSA) is 148 Å². The number of nitrogens with zero attached hydrogens (tertiary/aromatic N) is 1. The number of hydrogen-bond acceptors (Lipinski definition) is 11. The Morgan fingerprint density at radius 2 is 1.47 bits per heavy atom. The van der Waals surface area contributed by atoms with Crippen molar-refractivity contribution in [2.24, 2.45) is 0 Å². The van der Waals surface area contributed by atoms with Crippen LogP contribution in [0.4, 0.5) is 9.18 Å². The Labute approximate surface area is 295 Å². The van der Waals surface area contributed by atoms with Gasteiger partial charge in [0.25, 0.3) is 5.91 Å². The first-order chi connectivity index (χ1) is 24.3. The van der Waals surface area contributed by atoms with Gasteiger partial charge >= 0.3 is 12.1 Å². The molecule has 0 spiro atoms. The molecule has 3 aromatic carbocycles. The van der Waals surface area contributed by atoms with E-state index in [1.54, 1.807) is 26.8 Å². The van der Waals surface area contributed by atoms with E-state index in [-0.39, 0.29) is 47.1 Å². The zero-order valence-electron chi connectivity index (χ0n) is 29.7. The van der Waals surface area contributed by atoms with Gasteiger partial charge in [-0.05, 0) is 70.0 Å². The summed E-state index contributed by atoms with van der Waals surface area (Å²) >= 11 is 0. The number of ketones is 1. The van der Waals surface area contributed by atoms with Crippen molar-refractivity contribution in [2.45, 2.75) is 51.4 Å². The van der Waals surface area contributed by atoms with Crippen molar-refractivity contribution in [1.29, 1.82) is 0 Å². The van der Waals surface area contributed by atoms with Crippen LogP contribution in [0.5, 0.6) is 23.0 Å². The Kier molecular flexibility index (Phi) is 12.8. The normalized spacial score (nSPS) is 16.0. The molecule has 1 N–H and O–H groups in total. The van der Waals surface area contributed by atoms with E-state index in [2.05, 4.69) is 5.32 Å². The molecule has 0 unspecified atom stereocenters. The molecule has 0 aromatic heterocycles. The maximum atomic E-state index is 15.3. The molecule has 2 amide bonds. The van der Waals surface area contributed by atoms with Crippen LogP contribution < -0.4 is 24.3 Å². The van der Waals surface area contributed by atoms with Crippen molar-refractivity contribution in [1.82, 2.24) is 10.2 Å². The minimum absolute atomic E-state index is 0.00722. The second kappa shape index (κ2) is 17.0. The van der Waals surface area contributed by atoms with E-state index >= 15 is 4.39 Å². The lowest BCUT2D eigenvalue weighted by atomic mass is 10.00. The SMILES string of the molecule is COCOc1ccc(OC)c(F)c1C(=O)c1ccc(C(=O)O[C@@H]2CCCN(C(=O)OC(C)(C)C)C[C@H]2NC(=O)c2cc(OC)cc(OC)c2)cc1. The minimum atomic E-state index is -0.908. The molecule has 4 rings (SSSR count). The summed E-state index contributed by atoms with van der Waals surface area (Å²) in [6.07, 6.45) is -0.661. The summed E-state index contributed by atoms with van der Waals surface area (Å²) in [5.74, 6) is -2.26. The number of esters is 1. The third-order valence-electron chi connectivity index (χ3n) is 7.85. The van der Waals surface area contributed by atoms with E-state index in [0.29, 0.717) is 30.9 Å². The van der Waals surface area contributed by atoms with Crippen LogP contribution in [0.3, 0.4) is 0 Å². The van der Waals surface area contributed by atoms with Gasteiger partial charge in [0.1, 0.15) is 34.5 Å². The number of carbonyl (C=O) groups excluding carboxylic acids is 4. The first-order valence-corrected chi connectivity index (χ1v) is 16.1. The highest BCUT2D eigenvalue weighted by molar-refractivity contribution is 6.11. The van der Waals surface area contributed by atoms with Crippen molar-refractivity contribution in [3.8, 4) is 23.0 Å². The van der Waals surface area contributed by atoms with Crippen LogP contribution in [0.15, 0.2) is 54.6 Å². The summed E-state index contributed by atoms with van der Waals surface area (Å²) in [4.78, 5) is 55.0. The van der Waals surface area contributed by atoms with Crippen LogP contribution in [0.1, 0.15) is 70.3 Å². The number of benzene rings is 3. The zero-order valence-corrected chi connectivity index (χ0v) is 29.7. The highest BCUT2D eigenvalue weighted by atomic mass is 19.1. The number of halogens is 1. The fraction of sp³-hybridized carbons (Fsp3) is 0.405. The Hall–Kier alpha value is -5.37. The van der Waals surface area contributed by atoms with Gasteiger partial charge in [0.2, 0.25) is 0 Å². The zero-order chi connectivity index (χ0) is 37.3. The molecule has 0 radical (unpaired) electrons. The molecule has 1 saturated heterocycles. The standard InChI is InChI=1S/C37H43FN2O11/c1-37(2,3)51-36(44)40-16-8-9-28(27(20-40)39-34(42)24-17-25(46-5)19-26(18-24)47-6)50-35(43)23-12-10-22(11-13-23)33(41)31-29(49-21-45-4)14-15-30(48-7)32(31)38/h10-15,17-19,27-28H,8-9,16,20-21H2,1-7H3,(H,39,42)/t27-,28-/m1/s1. The summed E-state index contributed by atoms with van der Waals surface area (Å²) in [5.41, 5.74) is -0.711. The number of ether oxygens (including phenoxy) is 7. The van der Waals surface area contributed by atoms with Crippen molar-refractivity contribution < 1.29 is 56.7 Å². The first kappa shape index (κ1) is 38.4. The van der Waals surface area contributed by atoms with Gasteiger partial charge in [0, 0.05) is 37.4 Å². The molecule has 51 heavy (non-hydrogen) atoms. The van der Waals surface area contributed by atoms with Gasteiger partial charge < -0.3 is 43.4 Å². The maximum Gasteiger partial charge on any atom is 0.410 e. The quantitative estimate of drug-likeness (QED) is 0.146. The lowest BCUT2D eigenvalue weighted by Crippen LogP contribution is -2.51. The highest BCUT2D eigenvalue weighted by Gasteiger charge is 2.35. The fourth-order valence-electron chi connectivity index (χ4n) is 5.35. The molecule has 274 valence electrons. The summed E-state index contributed by atoms with van der Waals surface area (Å²) in [5, 5.41) is 2.92. The monoisotopic (exact) mass is 710 g/mol. The van der Waals surface area contributed by atoms with Crippen molar-refractivity contribution in [2.75, 3.05) is 48.3 Å². The number of amides is 2. The summed E-state index contributed by atoms with van der Waals surface area (Å²) in [6, 6.07) is 12.1. The molecule has 1 aliphatic heterocycles. The van der Waals surface area contributed by atoms with Gasteiger partial charge in [-0.1, -0.05) is 12.1 Å². The smallest absolute Gasteiger partial charge is 0.410 e. The number of nitrogens with one attached hydrogen (secondary N) is 1. The predicted molar refractivity (Wildman–Crippen MR) is 182 cm³/mol. The summed E-state index contributed by atoms with van der Waals surface area (Å²) < 4.78 is 52.8. The third kappa shape index (κ3) is 9.87. The molecule has 0 aliphatic carbocycles. The molecule has 1 heterocycles. The first-order valence-electron chi connectivity index (χ1n) is 16.1. The lowest BCUT2D eigenvalue weighted by Gasteiger charge is -2.30. The van der Waals surface area contributed by atoms with Crippen LogP contribution in [0, 0.1) is 5.82 Å². The van der Waals surface area contributed by atoms with Gasteiger partial charge in [0.15, 0.2) is 24.1 Å². The Morgan fingerprint density at radius 3 is 2.06 bits per heavy atom. The average Bonchev–Trinajstić information content (AvgIpc) is 3.31. The maximum absolute atomic E-state index is 15.3. The molecule has 0 bridgehead atoms. The van der Waals surface area contributed by atoms with E-state index in [0.717, 1.165) is 0 Å². The van der Waals surface area contributed by atoms with Crippen LogP contribution in [0.2, 0.25) is 0 Å². The summed E-state index contributed by atoms with van der Waals surface area (Å²) in [7, 11) is 5.59. The van der Waals surface area contributed by atoms with Gasteiger partial charge in [-0.3, -0.25) is 9.59 Å². The number of hydrogen-bond donors (Lipinski definition) is 1. The highest BCUT2D eigenvalue weighted by Crippen LogP contribution is 2.31. The number of likely N-dealkylation sites (tertiary alicyclic amines) is 1. The van der Waals surface area contributed by atoms with Crippen LogP contribution in [-0.4, -0.2) is 94.7 Å². The molecule has 2 atom stereocenters. The Morgan fingerprint density at radius 1 is 0.843 bits per heavy atom. The molecule has 13 nitrogen and oxygen atoms in total. The number of carbonyl (C=O) groups is 4. The van der Waals surface area contributed by atoms with E-state index < -0.39 is 47.3 Å². The largest absolute Gasteiger partial charge is 0.497 e. The third-order valence-corrected chi connectivity index (χ3v) is 7.85. The second-order valence-electron chi connectivity index (χ2n) is 12.6. The molecule has 0 saturated carbocycles.